The number of nitrogens with zero attached hydrogens (tertiary/aromatic N) is 1. The molecule has 0 aliphatic carbocycles. The summed E-state index contributed by atoms with van der Waals surface area (Å²) in [4.78, 5) is 12.2. The van der Waals surface area contributed by atoms with Crippen LogP contribution >= 0.6 is 0 Å². The third-order valence-electron chi connectivity index (χ3n) is 3.16. The number of aliphatic hydroxyl groups is 1. The number of hydrogen-bond donors (Lipinski definition) is 2. The van der Waals surface area contributed by atoms with Crippen molar-refractivity contribution >= 4 is 6.09 Å². The van der Waals surface area contributed by atoms with E-state index in [0.29, 0.717) is 19.0 Å². The first kappa shape index (κ1) is 12.3. The Hall–Kier alpha value is -0.770. The van der Waals surface area contributed by atoms with Crippen molar-refractivity contribution in [2.75, 3.05) is 19.7 Å². The monoisotopic (exact) mass is 215 g/mol. The fourth-order valence-electron chi connectivity index (χ4n) is 2.13. The average Bonchev–Trinajstić information content (AvgIpc) is 2.25. The van der Waals surface area contributed by atoms with Crippen molar-refractivity contribution < 1.29 is 15.0 Å². The van der Waals surface area contributed by atoms with Crippen molar-refractivity contribution in [1.82, 2.24) is 4.90 Å². The Morgan fingerprint density at radius 3 is 2.40 bits per heavy atom. The number of likely N-dealkylation sites (tertiary alicyclic amines) is 1. The smallest absolute Gasteiger partial charge is 0.407 e. The van der Waals surface area contributed by atoms with Gasteiger partial charge in [0.15, 0.2) is 0 Å². The molecule has 0 spiro atoms. The van der Waals surface area contributed by atoms with E-state index >= 15 is 0 Å². The maximum Gasteiger partial charge on any atom is 0.407 e. The molecule has 15 heavy (non-hydrogen) atoms. The van der Waals surface area contributed by atoms with Gasteiger partial charge in [-0.2, -0.15) is 0 Å². The van der Waals surface area contributed by atoms with Gasteiger partial charge in [-0.1, -0.05) is 19.3 Å². The minimum atomic E-state index is -0.784. The summed E-state index contributed by atoms with van der Waals surface area (Å²) in [5.74, 6) is 0.694. The first-order valence-electron chi connectivity index (χ1n) is 5.82. The minimum Gasteiger partial charge on any atom is -0.465 e. The van der Waals surface area contributed by atoms with Crippen LogP contribution in [0.25, 0.3) is 0 Å². The summed E-state index contributed by atoms with van der Waals surface area (Å²) in [7, 11) is 0. The third-order valence-corrected chi connectivity index (χ3v) is 3.16. The van der Waals surface area contributed by atoms with Crippen LogP contribution < -0.4 is 0 Å². The van der Waals surface area contributed by atoms with E-state index in [-0.39, 0.29) is 6.61 Å². The fraction of sp³-hybridized carbons (Fsp3) is 0.909. The lowest BCUT2D eigenvalue weighted by molar-refractivity contribution is 0.122. The molecule has 0 aromatic rings. The topological polar surface area (TPSA) is 60.8 Å². The Morgan fingerprint density at radius 2 is 1.87 bits per heavy atom. The summed E-state index contributed by atoms with van der Waals surface area (Å²) in [5, 5.41) is 17.4. The van der Waals surface area contributed by atoms with Gasteiger partial charge >= 0.3 is 6.09 Å². The molecule has 0 unspecified atom stereocenters. The molecule has 0 saturated carbocycles. The SMILES string of the molecule is O=C(O)N1CCC(CCCCCO)CC1. The number of carbonyl (C=O) groups is 1. The molecule has 1 aliphatic heterocycles. The number of piperidine rings is 1. The zero-order chi connectivity index (χ0) is 11.1. The number of rotatable bonds is 5. The Morgan fingerprint density at radius 1 is 1.20 bits per heavy atom. The van der Waals surface area contributed by atoms with Crippen molar-refractivity contribution in [1.29, 1.82) is 0 Å². The van der Waals surface area contributed by atoms with Gasteiger partial charge < -0.3 is 15.1 Å². The molecule has 1 fully saturated rings. The summed E-state index contributed by atoms with van der Waals surface area (Å²) in [6, 6.07) is 0. The van der Waals surface area contributed by atoms with E-state index in [2.05, 4.69) is 0 Å². The van der Waals surface area contributed by atoms with E-state index in [1.165, 1.54) is 11.3 Å². The van der Waals surface area contributed by atoms with Crippen LogP contribution in [-0.2, 0) is 0 Å². The van der Waals surface area contributed by atoms with E-state index in [4.69, 9.17) is 10.2 Å². The average molecular weight is 215 g/mol. The molecule has 0 bridgehead atoms. The van der Waals surface area contributed by atoms with Crippen LogP contribution in [0.5, 0.6) is 0 Å². The van der Waals surface area contributed by atoms with Gasteiger partial charge in [-0.05, 0) is 25.2 Å². The van der Waals surface area contributed by atoms with Crippen LogP contribution in [0, 0.1) is 5.92 Å². The molecule has 0 atom stereocenters. The van der Waals surface area contributed by atoms with Gasteiger partial charge in [0.05, 0.1) is 0 Å². The Balaban J connectivity index is 2.07. The second-order valence-electron chi connectivity index (χ2n) is 4.29. The molecule has 2 N–H and O–H groups in total. The summed E-state index contributed by atoms with van der Waals surface area (Å²) in [6.45, 7) is 1.68. The van der Waals surface area contributed by atoms with Gasteiger partial charge in [0.1, 0.15) is 0 Å². The van der Waals surface area contributed by atoms with Crippen molar-refractivity contribution in [3.05, 3.63) is 0 Å². The second kappa shape index (κ2) is 6.67. The molecule has 0 radical (unpaired) electrons. The van der Waals surface area contributed by atoms with Gasteiger partial charge in [0.2, 0.25) is 0 Å². The predicted octanol–water partition coefficient (Wildman–Crippen LogP) is 1.93. The zero-order valence-electron chi connectivity index (χ0n) is 9.19. The molecule has 1 amide bonds. The standard InChI is InChI=1S/C11H21NO3/c13-9-3-1-2-4-10-5-7-12(8-6-10)11(14)15/h10,13H,1-9H2,(H,14,15). The van der Waals surface area contributed by atoms with Gasteiger partial charge in [-0.3, -0.25) is 0 Å². The number of carboxylic acid groups (broad SMARTS) is 1. The molecule has 0 aromatic heterocycles. The molecule has 4 nitrogen and oxygen atoms in total. The largest absolute Gasteiger partial charge is 0.465 e. The van der Waals surface area contributed by atoms with Gasteiger partial charge in [0.25, 0.3) is 0 Å². The normalized spacial score (nSPS) is 18.1. The highest BCUT2D eigenvalue weighted by atomic mass is 16.4. The summed E-state index contributed by atoms with van der Waals surface area (Å²) in [6.07, 6.45) is 5.57. The van der Waals surface area contributed by atoms with Gasteiger partial charge in [-0.25, -0.2) is 4.79 Å². The highest BCUT2D eigenvalue weighted by Crippen LogP contribution is 2.22. The van der Waals surface area contributed by atoms with Gasteiger partial charge in [-0.15, -0.1) is 0 Å². The first-order chi connectivity index (χ1) is 7.24. The van der Waals surface area contributed by atoms with Crippen molar-refractivity contribution in [3.8, 4) is 0 Å². The summed E-state index contributed by atoms with van der Waals surface area (Å²) >= 11 is 0. The van der Waals surface area contributed by atoms with Crippen LogP contribution in [0.1, 0.15) is 38.5 Å². The molecular weight excluding hydrogens is 194 g/mol. The van der Waals surface area contributed by atoms with Crippen LogP contribution in [0.4, 0.5) is 4.79 Å². The lowest BCUT2D eigenvalue weighted by Crippen LogP contribution is -2.37. The number of unbranched alkanes of at least 4 members (excludes halogenated alkanes) is 2. The quantitative estimate of drug-likeness (QED) is 0.689. The number of aliphatic hydroxyl groups excluding tert-OH is 1. The van der Waals surface area contributed by atoms with Crippen molar-refractivity contribution in [3.63, 3.8) is 0 Å². The maximum atomic E-state index is 10.7. The van der Waals surface area contributed by atoms with E-state index < -0.39 is 6.09 Å². The Labute approximate surface area is 90.9 Å². The molecule has 1 aliphatic rings. The Bertz CT molecular complexity index is 188. The second-order valence-corrected chi connectivity index (χ2v) is 4.29. The van der Waals surface area contributed by atoms with E-state index in [1.54, 1.807) is 0 Å². The minimum absolute atomic E-state index is 0.289. The molecular formula is C11H21NO3. The summed E-state index contributed by atoms with van der Waals surface area (Å²) in [5.41, 5.74) is 0. The molecule has 0 aromatic carbocycles. The van der Waals surface area contributed by atoms with E-state index in [1.807, 2.05) is 0 Å². The predicted molar refractivity (Wildman–Crippen MR) is 57.9 cm³/mol. The van der Waals surface area contributed by atoms with Crippen LogP contribution in [0.15, 0.2) is 0 Å². The molecule has 1 heterocycles. The molecule has 1 rings (SSSR count). The molecule has 88 valence electrons. The van der Waals surface area contributed by atoms with Crippen molar-refractivity contribution in [2.45, 2.75) is 38.5 Å². The maximum absolute atomic E-state index is 10.7. The van der Waals surface area contributed by atoms with Crippen LogP contribution in [-0.4, -0.2) is 40.9 Å². The van der Waals surface area contributed by atoms with Gasteiger partial charge in [0, 0.05) is 19.7 Å². The van der Waals surface area contributed by atoms with Crippen LogP contribution in [0.3, 0.4) is 0 Å². The zero-order valence-corrected chi connectivity index (χ0v) is 9.19. The molecule has 4 heteroatoms. The highest BCUT2D eigenvalue weighted by molar-refractivity contribution is 5.64. The van der Waals surface area contributed by atoms with E-state index in [0.717, 1.165) is 32.1 Å². The number of amides is 1. The third kappa shape index (κ3) is 4.51. The van der Waals surface area contributed by atoms with Crippen LogP contribution in [0.2, 0.25) is 0 Å². The van der Waals surface area contributed by atoms with E-state index in [9.17, 15) is 4.79 Å². The van der Waals surface area contributed by atoms with Crippen molar-refractivity contribution in [2.24, 2.45) is 5.92 Å². The fourth-order valence-corrected chi connectivity index (χ4v) is 2.13. The first-order valence-corrected chi connectivity index (χ1v) is 5.82. The number of hydrogen-bond acceptors (Lipinski definition) is 2. The lowest BCUT2D eigenvalue weighted by Gasteiger charge is -2.29. The lowest BCUT2D eigenvalue weighted by atomic mass is 9.91. The highest BCUT2D eigenvalue weighted by Gasteiger charge is 2.21. The molecule has 1 saturated heterocycles. The Kier molecular flexibility index (Phi) is 5.47. The summed E-state index contributed by atoms with van der Waals surface area (Å²) < 4.78 is 0.